The van der Waals surface area contributed by atoms with Crippen LogP contribution >= 0.6 is 27.5 Å². The average Bonchev–Trinajstić information content (AvgIpc) is 2.54. The van der Waals surface area contributed by atoms with E-state index in [1.54, 1.807) is 18.2 Å². The van der Waals surface area contributed by atoms with Crippen LogP contribution in [0.1, 0.15) is 0 Å². The van der Waals surface area contributed by atoms with E-state index in [0.717, 1.165) is 10.5 Å². The SMILES string of the molecule is O=C(COC(=O)COc1cccc(Br)c1)Nc1ccc(F)c(Cl)c1. The van der Waals surface area contributed by atoms with Gasteiger partial charge in [-0.25, -0.2) is 9.18 Å². The maximum absolute atomic E-state index is 13.0. The van der Waals surface area contributed by atoms with Crippen molar-refractivity contribution >= 4 is 45.1 Å². The number of hydrogen-bond acceptors (Lipinski definition) is 4. The summed E-state index contributed by atoms with van der Waals surface area (Å²) in [5.41, 5.74) is 0.299. The molecule has 0 aliphatic carbocycles. The molecular formula is C16H12BrClFNO4. The molecule has 0 heterocycles. The second kappa shape index (κ2) is 8.65. The normalized spacial score (nSPS) is 10.1. The van der Waals surface area contributed by atoms with Crippen LogP contribution in [0.2, 0.25) is 5.02 Å². The Morgan fingerprint density at radius 2 is 1.96 bits per heavy atom. The summed E-state index contributed by atoms with van der Waals surface area (Å²) in [5.74, 6) is -1.37. The molecule has 0 aliphatic rings. The van der Waals surface area contributed by atoms with Gasteiger partial charge in [-0.3, -0.25) is 4.79 Å². The van der Waals surface area contributed by atoms with Gasteiger partial charge in [0.2, 0.25) is 0 Å². The molecule has 0 aromatic heterocycles. The fourth-order valence-electron chi connectivity index (χ4n) is 1.66. The molecule has 0 aliphatic heterocycles. The lowest BCUT2D eigenvalue weighted by molar-refractivity contribution is -0.149. The lowest BCUT2D eigenvalue weighted by Crippen LogP contribution is -2.23. The third kappa shape index (κ3) is 5.82. The monoisotopic (exact) mass is 415 g/mol. The predicted octanol–water partition coefficient (Wildman–Crippen LogP) is 3.80. The third-order valence-corrected chi connectivity index (χ3v) is 3.50. The van der Waals surface area contributed by atoms with Crippen molar-refractivity contribution in [3.05, 3.63) is 57.8 Å². The highest BCUT2D eigenvalue weighted by Crippen LogP contribution is 2.19. The maximum atomic E-state index is 13.0. The molecule has 0 saturated heterocycles. The zero-order valence-electron chi connectivity index (χ0n) is 12.2. The predicted molar refractivity (Wildman–Crippen MR) is 90.6 cm³/mol. The van der Waals surface area contributed by atoms with Gasteiger partial charge in [0.1, 0.15) is 11.6 Å². The van der Waals surface area contributed by atoms with Gasteiger partial charge in [-0.2, -0.15) is 0 Å². The number of ether oxygens (including phenoxy) is 2. The van der Waals surface area contributed by atoms with E-state index in [9.17, 15) is 14.0 Å². The van der Waals surface area contributed by atoms with Crippen LogP contribution in [0.3, 0.4) is 0 Å². The van der Waals surface area contributed by atoms with Crippen LogP contribution in [-0.2, 0) is 14.3 Å². The summed E-state index contributed by atoms with van der Waals surface area (Å²) in [6, 6.07) is 10.7. The maximum Gasteiger partial charge on any atom is 0.344 e. The van der Waals surface area contributed by atoms with Gasteiger partial charge in [-0.15, -0.1) is 0 Å². The van der Waals surface area contributed by atoms with Gasteiger partial charge >= 0.3 is 5.97 Å². The molecular weight excluding hydrogens is 405 g/mol. The van der Waals surface area contributed by atoms with Crippen molar-refractivity contribution in [2.75, 3.05) is 18.5 Å². The molecule has 8 heteroatoms. The van der Waals surface area contributed by atoms with Crippen molar-refractivity contribution < 1.29 is 23.5 Å². The van der Waals surface area contributed by atoms with E-state index < -0.39 is 24.3 Å². The first kappa shape index (κ1) is 18.2. The van der Waals surface area contributed by atoms with Crippen LogP contribution in [0.15, 0.2) is 46.9 Å². The Balaban J connectivity index is 1.74. The highest BCUT2D eigenvalue weighted by molar-refractivity contribution is 9.10. The van der Waals surface area contributed by atoms with E-state index >= 15 is 0 Å². The zero-order chi connectivity index (χ0) is 17.5. The molecule has 24 heavy (non-hydrogen) atoms. The molecule has 0 bridgehead atoms. The Hall–Kier alpha value is -2.12. The molecule has 2 rings (SSSR count). The minimum atomic E-state index is -0.692. The van der Waals surface area contributed by atoms with Crippen LogP contribution in [0.5, 0.6) is 5.75 Å². The summed E-state index contributed by atoms with van der Waals surface area (Å²) in [6.45, 7) is -0.818. The van der Waals surface area contributed by atoms with E-state index in [1.165, 1.54) is 12.1 Å². The molecule has 0 fully saturated rings. The van der Waals surface area contributed by atoms with E-state index in [0.29, 0.717) is 11.4 Å². The highest BCUT2D eigenvalue weighted by atomic mass is 79.9. The fraction of sp³-hybridized carbons (Fsp3) is 0.125. The molecule has 0 unspecified atom stereocenters. The number of halogens is 3. The van der Waals surface area contributed by atoms with E-state index in [1.807, 2.05) is 6.07 Å². The van der Waals surface area contributed by atoms with Gasteiger partial charge in [0.25, 0.3) is 5.91 Å². The number of benzene rings is 2. The smallest absolute Gasteiger partial charge is 0.344 e. The van der Waals surface area contributed by atoms with Crippen LogP contribution in [-0.4, -0.2) is 25.1 Å². The summed E-state index contributed by atoms with van der Waals surface area (Å²) in [6.07, 6.45) is 0. The zero-order valence-corrected chi connectivity index (χ0v) is 14.6. The average molecular weight is 417 g/mol. The van der Waals surface area contributed by atoms with Crippen LogP contribution in [0.4, 0.5) is 10.1 Å². The minimum absolute atomic E-state index is 0.118. The van der Waals surface area contributed by atoms with Gasteiger partial charge < -0.3 is 14.8 Å². The summed E-state index contributed by atoms with van der Waals surface area (Å²) in [7, 11) is 0. The van der Waals surface area contributed by atoms with Crippen molar-refractivity contribution in [1.82, 2.24) is 0 Å². The number of carbonyl (C=O) groups is 2. The van der Waals surface area contributed by atoms with Crippen molar-refractivity contribution in [1.29, 1.82) is 0 Å². The Morgan fingerprint density at radius 1 is 1.17 bits per heavy atom. The second-order valence-electron chi connectivity index (χ2n) is 4.58. The second-order valence-corrected chi connectivity index (χ2v) is 5.91. The molecule has 5 nitrogen and oxygen atoms in total. The first-order valence-corrected chi connectivity index (χ1v) is 7.90. The molecule has 0 radical (unpaired) electrons. The summed E-state index contributed by atoms with van der Waals surface area (Å²) < 4.78 is 23.8. The van der Waals surface area contributed by atoms with Crippen molar-refractivity contribution in [3.8, 4) is 5.75 Å². The van der Waals surface area contributed by atoms with Crippen LogP contribution < -0.4 is 10.1 Å². The lowest BCUT2D eigenvalue weighted by Gasteiger charge is -2.08. The Bertz CT molecular complexity index is 757. The number of nitrogens with one attached hydrogen (secondary N) is 1. The van der Waals surface area contributed by atoms with Crippen molar-refractivity contribution in [2.45, 2.75) is 0 Å². The first-order chi connectivity index (χ1) is 11.4. The highest BCUT2D eigenvalue weighted by Gasteiger charge is 2.10. The fourth-order valence-corrected chi connectivity index (χ4v) is 2.22. The standard InChI is InChI=1S/C16H12BrClFNO4/c17-10-2-1-3-12(6-10)23-9-16(22)24-8-15(21)20-11-4-5-14(19)13(18)7-11/h1-7H,8-9H2,(H,20,21). The van der Waals surface area contributed by atoms with E-state index in [-0.39, 0.29) is 11.6 Å². The molecule has 1 amide bonds. The van der Waals surface area contributed by atoms with Crippen molar-refractivity contribution in [3.63, 3.8) is 0 Å². The van der Waals surface area contributed by atoms with E-state index in [2.05, 4.69) is 21.2 Å². The molecule has 0 saturated carbocycles. The van der Waals surface area contributed by atoms with Gasteiger partial charge in [0.05, 0.1) is 5.02 Å². The number of rotatable bonds is 6. The summed E-state index contributed by atoms with van der Waals surface area (Å²) in [4.78, 5) is 23.2. The molecule has 126 valence electrons. The summed E-state index contributed by atoms with van der Waals surface area (Å²) >= 11 is 8.88. The van der Waals surface area contributed by atoms with E-state index in [4.69, 9.17) is 21.1 Å². The molecule has 2 aromatic carbocycles. The van der Waals surface area contributed by atoms with Gasteiger partial charge in [-0.1, -0.05) is 33.6 Å². The molecule has 2 aromatic rings. The minimum Gasteiger partial charge on any atom is -0.482 e. The number of hydrogen-bond donors (Lipinski definition) is 1. The largest absolute Gasteiger partial charge is 0.482 e. The molecule has 1 N–H and O–H groups in total. The first-order valence-electron chi connectivity index (χ1n) is 6.73. The van der Waals surface area contributed by atoms with Crippen LogP contribution in [0.25, 0.3) is 0 Å². The van der Waals surface area contributed by atoms with Crippen molar-refractivity contribution in [2.24, 2.45) is 0 Å². The Labute approximate surface area is 150 Å². The lowest BCUT2D eigenvalue weighted by atomic mass is 10.3. The molecule has 0 atom stereocenters. The van der Waals surface area contributed by atoms with Gasteiger partial charge in [0.15, 0.2) is 13.2 Å². The summed E-state index contributed by atoms with van der Waals surface area (Å²) in [5, 5.41) is 2.31. The van der Waals surface area contributed by atoms with Gasteiger partial charge in [0, 0.05) is 10.2 Å². The topological polar surface area (TPSA) is 64.6 Å². The Kier molecular flexibility index (Phi) is 6.57. The number of amides is 1. The van der Waals surface area contributed by atoms with Crippen LogP contribution in [0, 0.1) is 5.82 Å². The quantitative estimate of drug-likeness (QED) is 0.728. The Morgan fingerprint density at radius 3 is 2.67 bits per heavy atom. The molecule has 0 spiro atoms. The third-order valence-electron chi connectivity index (χ3n) is 2.72. The number of carbonyl (C=O) groups excluding carboxylic acids is 2. The number of esters is 1. The van der Waals surface area contributed by atoms with Gasteiger partial charge in [-0.05, 0) is 36.4 Å². The number of anilines is 1.